The first-order chi connectivity index (χ1) is 9.80. The highest BCUT2D eigenvalue weighted by atomic mass is 79.9. The van der Waals surface area contributed by atoms with Gasteiger partial charge in [0.2, 0.25) is 0 Å². The van der Waals surface area contributed by atoms with E-state index in [0.29, 0.717) is 4.99 Å². The van der Waals surface area contributed by atoms with E-state index in [1.165, 1.54) is 5.56 Å². The van der Waals surface area contributed by atoms with Crippen molar-refractivity contribution < 1.29 is 0 Å². The van der Waals surface area contributed by atoms with Gasteiger partial charge in [0, 0.05) is 42.2 Å². The van der Waals surface area contributed by atoms with Crippen LogP contribution < -0.4 is 5.73 Å². The Bertz CT molecular complexity index is 528. The van der Waals surface area contributed by atoms with Crippen LogP contribution in [0.1, 0.15) is 19.4 Å². The Kier molecular flexibility index (Phi) is 5.65. The molecular formula is C15H21BrClN3S. The Morgan fingerprint density at radius 3 is 2.48 bits per heavy atom. The molecule has 0 saturated carbocycles. The van der Waals surface area contributed by atoms with Crippen LogP contribution in [0.25, 0.3) is 0 Å². The maximum Gasteiger partial charge on any atom is 0.0928 e. The van der Waals surface area contributed by atoms with Gasteiger partial charge in [0.1, 0.15) is 0 Å². The Labute approximate surface area is 145 Å². The summed E-state index contributed by atoms with van der Waals surface area (Å²) < 4.78 is 1.01. The minimum absolute atomic E-state index is 0.212. The Morgan fingerprint density at radius 1 is 1.33 bits per heavy atom. The minimum atomic E-state index is -0.212. The fraction of sp³-hybridized carbons (Fsp3) is 0.533. The van der Waals surface area contributed by atoms with Gasteiger partial charge >= 0.3 is 0 Å². The topological polar surface area (TPSA) is 32.5 Å². The predicted molar refractivity (Wildman–Crippen MR) is 96.9 cm³/mol. The molecule has 116 valence electrons. The second-order valence-corrected chi connectivity index (χ2v) is 7.68. The number of benzene rings is 1. The average molecular weight is 391 g/mol. The average Bonchev–Trinajstić information content (AvgIpc) is 2.42. The van der Waals surface area contributed by atoms with E-state index in [0.717, 1.165) is 42.2 Å². The van der Waals surface area contributed by atoms with Crippen molar-refractivity contribution in [1.29, 1.82) is 0 Å². The van der Waals surface area contributed by atoms with Gasteiger partial charge in [-0.2, -0.15) is 0 Å². The van der Waals surface area contributed by atoms with Gasteiger partial charge < -0.3 is 5.73 Å². The van der Waals surface area contributed by atoms with Crippen molar-refractivity contribution in [3.8, 4) is 0 Å². The van der Waals surface area contributed by atoms with Crippen LogP contribution in [-0.4, -0.2) is 46.5 Å². The van der Waals surface area contributed by atoms with E-state index in [1.54, 1.807) is 0 Å². The van der Waals surface area contributed by atoms with Crippen LogP contribution in [0.3, 0.4) is 0 Å². The van der Waals surface area contributed by atoms with Gasteiger partial charge in [-0.15, -0.1) is 0 Å². The normalized spacial score (nSPS) is 17.9. The molecule has 1 aromatic carbocycles. The molecule has 1 fully saturated rings. The summed E-state index contributed by atoms with van der Waals surface area (Å²) in [7, 11) is 0. The molecule has 0 aromatic heterocycles. The van der Waals surface area contributed by atoms with Crippen LogP contribution in [0.15, 0.2) is 22.7 Å². The monoisotopic (exact) mass is 389 g/mol. The Hall–Kier alpha value is -0.200. The standard InChI is InChI=1S/C15H21BrClN3S/c1-15(2,14(18)21)20-7-5-19(6-8-20)10-11-3-4-12(16)9-13(11)17/h3-4,9H,5-8,10H2,1-2H3,(H2,18,21). The second kappa shape index (κ2) is 6.92. The number of piperazine rings is 1. The van der Waals surface area contributed by atoms with Crippen molar-refractivity contribution in [3.63, 3.8) is 0 Å². The van der Waals surface area contributed by atoms with E-state index in [9.17, 15) is 0 Å². The summed E-state index contributed by atoms with van der Waals surface area (Å²) in [5, 5.41) is 0.815. The number of nitrogens with zero attached hydrogens (tertiary/aromatic N) is 2. The van der Waals surface area contributed by atoms with Gasteiger partial charge in [-0.3, -0.25) is 9.80 Å². The highest BCUT2D eigenvalue weighted by Crippen LogP contribution is 2.24. The summed E-state index contributed by atoms with van der Waals surface area (Å²) >= 11 is 14.9. The van der Waals surface area contributed by atoms with Gasteiger partial charge in [0.05, 0.1) is 10.5 Å². The maximum absolute atomic E-state index is 6.29. The zero-order chi connectivity index (χ0) is 15.6. The van der Waals surface area contributed by atoms with Crippen molar-refractivity contribution in [1.82, 2.24) is 9.80 Å². The van der Waals surface area contributed by atoms with E-state index < -0.39 is 0 Å². The molecule has 0 atom stereocenters. The molecule has 1 heterocycles. The maximum atomic E-state index is 6.29. The zero-order valence-corrected chi connectivity index (χ0v) is 15.6. The first-order valence-corrected chi connectivity index (χ1v) is 8.60. The summed E-state index contributed by atoms with van der Waals surface area (Å²) in [5.74, 6) is 0. The van der Waals surface area contributed by atoms with E-state index >= 15 is 0 Å². The zero-order valence-electron chi connectivity index (χ0n) is 12.4. The molecule has 1 aliphatic rings. The first kappa shape index (κ1) is 17.2. The van der Waals surface area contributed by atoms with Crippen LogP contribution in [0.2, 0.25) is 5.02 Å². The molecule has 0 aliphatic carbocycles. The third-order valence-corrected chi connectivity index (χ3v) is 5.52. The van der Waals surface area contributed by atoms with Crippen molar-refractivity contribution in [2.75, 3.05) is 26.2 Å². The van der Waals surface area contributed by atoms with Gasteiger partial charge in [-0.05, 0) is 31.5 Å². The highest BCUT2D eigenvalue weighted by Gasteiger charge is 2.32. The molecule has 3 nitrogen and oxygen atoms in total. The third-order valence-electron chi connectivity index (χ3n) is 4.17. The SMILES string of the molecule is CC(C)(C(N)=S)N1CCN(Cc2ccc(Br)cc2Cl)CC1. The van der Waals surface area contributed by atoms with Crippen LogP contribution >= 0.6 is 39.7 Å². The molecule has 0 spiro atoms. The molecular weight excluding hydrogens is 370 g/mol. The number of hydrogen-bond acceptors (Lipinski definition) is 3. The molecule has 6 heteroatoms. The molecule has 0 radical (unpaired) electrons. The highest BCUT2D eigenvalue weighted by molar-refractivity contribution is 9.10. The number of hydrogen-bond donors (Lipinski definition) is 1. The van der Waals surface area contributed by atoms with E-state index in [1.807, 2.05) is 12.1 Å². The van der Waals surface area contributed by atoms with E-state index in [4.69, 9.17) is 29.6 Å². The van der Waals surface area contributed by atoms with E-state index in [2.05, 4.69) is 45.6 Å². The number of thiocarbonyl (C=S) groups is 1. The number of nitrogens with two attached hydrogens (primary N) is 1. The molecule has 0 amide bonds. The van der Waals surface area contributed by atoms with Crippen molar-refractivity contribution >= 4 is 44.7 Å². The number of halogens is 2. The fourth-order valence-electron chi connectivity index (χ4n) is 2.51. The molecule has 2 rings (SSSR count). The molecule has 1 aromatic rings. The van der Waals surface area contributed by atoms with Crippen molar-refractivity contribution in [3.05, 3.63) is 33.3 Å². The Balaban J connectivity index is 1.94. The lowest BCUT2D eigenvalue weighted by Crippen LogP contribution is -2.59. The summed E-state index contributed by atoms with van der Waals surface area (Å²) in [6.45, 7) is 9.01. The quantitative estimate of drug-likeness (QED) is 0.800. The molecule has 2 N–H and O–H groups in total. The predicted octanol–water partition coefficient (Wildman–Crippen LogP) is 3.28. The molecule has 1 aliphatic heterocycles. The van der Waals surface area contributed by atoms with Crippen LogP contribution in [0, 0.1) is 0 Å². The smallest absolute Gasteiger partial charge is 0.0928 e. The van der Waals surface area contributed by atoms with Gasteiger partial charge in [-0.25, -0.2) is 0 Å². The van der Waals surface area contributed by atoms with Crippen molar-refractivity contribution in [2.24, 2.45) is 5.73 Å². The molecule has 0 unspecified atom stereocenters. The summed E-state index contributed by atoms with van der Waals surface area (Å²) in [6, 6.07) is 6.06. The first-order valence-electron chi connectivity index (χ1n) is 7.02. The summed E-state index contributed by atoms with van der Waals surface area (Å²) in [6.07, 6.45) is 0. The largest absolute Gasteiger partial charge is 0.392 e. The summed E-state index contributed by atoms with van der Waals surface area (Å²) in [4.78, 5) is 5.34. The van der Waals surface area contributed by atoms with Crippen molar-refractivity contribution in [2.45, 2.75) is 25.9 Å². The minimum Gasteiger partial charge on any atom is -0.392 e. The lowest BCUT2D eigenvalue weighted by molar-refractivity contribution is 0.0821. The molecule has 21 heavy (non-hydrogen) atoms. The second-order valence-electron chi connectivity index (χ2n) is 5.92. The number of rotatable bonds is 4. The van der Waals surface area contributed by atoms with Gasteiger partial charge in [0.25, 0.3) is 0 Å². The van der Waals surface area contributed by atoms with Gasteiger partial charge in [-0.1, -0.05) is 45.8 Å². The van der Waals surface area contributed by atoms with Crippen LogP contribution in [0.4, 0.5) is 0 Å². The Morgan fingerprint density at radius 2 is 1.95 bits per heavy atom. The third kappa shape index (κ3) is 4.17. The summed E-state index contributed by atoms with van der Waals surface area (Å²) in [5.41, 5.74) is 6.80. The lowest BCUT2D eigenvalue weighted by Gasteiger charge is -2.43. The molecule has 1 saturated heterocycles. The van der Waals surface area contributed by atoms with Crippen LogP contribution in [0.5, 0.6) is 0 Å². The fourth-order valence-corrected chi connectivity index (χ4v) is 3.37. The lowest BCUT2D eigenvalue weighted by atomic mass is 10.0. The van der Waals surface area contributed by atoms with E-state index in [-0.39, 0.29) is 5.54 Å². The van der Waals surface area contributed by atoms with Gasteiger partial charge in [0.15, 0.2) is 0 Å². The molecule has 0 bridgehead atoms. The van der Waals surface area contributed by atoms with Crippen LogP contribution in [-0.2, 0) is 6.54 Å².